The van der Waals surface area contributed by atoms with Gasteiger partial charge in [0.15, 0.2) is 16.0 Å². The van der Waals surface area contributed by atoms with E-state index in [9.17, 15) is 33.4 Å². The quantitative estimate of drug-likeness (QED) is 0.382. The predicted octanol–water partition coefficient (Wildman–Crippen LogP) is 5.32. The fraction of sp³-hybridized carbons (Fsp3) is 0.167. The van der Waals surface area contributed by atoms with Crippen LogP contribution >= 0.6 is 34.8 Å². The molecule has 2 rings (SSSR count). The number of rotatable bonds is 4. The van der Waals surface area contributed by atoms with E-state index in [0.717, 1.165) is 0 Å². The first-order valence-electron chi connectivity index (χ1n) is 6.53. The van der Waals surface area contributed by atoms with Gasteiger partial charge in [0.2, 0.25) is 0 Å². The Balaban J connectivity index is 2.85. The average molecular weight is 447 g/mol. The van der Waals surface area contributed by atoms with Gasteiger partial charge in [0, 0.05) is 6.07 Å². The Hall–Kier alpha value is -2.44. The summed E-state index contributed by atoms with van der Waals surface area (Å²) in [7, 11) is 0. The maximum absolute atomic E-state index is 13.1. The van der Waals surface area contributed by atoms with Gasteiger partial charge in [-0.05, 0) is 6.92 Å². The number of hydrogen-bond donors (Lipinski definition) is 1. The van der Waals surface area contributed by atoms with Crippen LogP contribution in [0.15, 0.2) is 6.07 Å². The molecule has 0 unspecified atom stereocenters. The van der Waals surface area contributed by atoms with Gasteiger partial charge in [0.05, 0.1) is 15.4 Å². The van der Waals surface area contributed by atoms with Gasteiger partial charge >= 0.3 is 17.6 Å². The molecule has 1 N–H and O–H groups in total. The summed E-state index contributed by atoms with van der Waals surface area (Å²) in [6.07, 6.45) is -5.17. The molecule has 0 atom stereocenters. The highest BCUT2D eigenvalue weighted by atomic mass is 35.5. The number of hydrogen-bond acceptors (Lipinski definition) is 7. The average Bonchev–Trinajstić information content (AvgIpc) is 2.48. The second kappa shape index (κ2) is 7.29. The van der Waals surface area contributed by atoms with Crippen molar-refractivity contribution in [3.63, 3.8) is 0 Å². The summed E-state index contributed by atoms with van der Waals surface area (Å²) in [6, 6.07) is 0.0640. The SMILES string of the molecule is Cc1nc(Cl)c(Nc2c([N+](=O)[O-])cc(C(F)(F)F)c(Cl)c2[N+](=O)[O-])c(Cl)n1. The molecule has 0 amide bonds. The lowest BCUT2D eigenvalue weighted by atomic mass is 10.1. The second-order valence-corrected chi connectivity index (χ2v) is 5.94. The normalized spacial score (nSPS) is 11.4. The molecule has 0 saturated carbocycles. The summed E-state index contributed by atoms with van der Waals surface area (Å²) in [4.78, 5) is 27.4. The number of alkyl halides is 3. The van der Waals surface area contributed by atoms with Crippen molar-refractivity contribution in [1.82, 2.24) is 9.97 Å². The van der Waals surface area contributed by atoms with Crippen molar-refractivity contribution >= 4 is 57.6 Å². The molecule has 9 nitrogen and oxygen atoms in total. The molecular formula is C12H5Cl3F3N5O4. The zero-order chi connectivity index (χ0) is 20.7. The minimum absolute atomic E-state index is 0.0640. The van der Waals surface area contributed by atoms with Crippen molar-refractivity contribution in [1.29, 1.82) is 0 Å². The van der Waals surface area contributed by atoms with Gasteiger partial charge in [-0.25, -0.2) is 9.97 Å². The van der Waals surface area contributed by atoms with E-state index in [1.54, 1.807) is 0 Å². The van der Waals surface area contributed by atoms with Crippen molar-refractivity contribution in [3.05, 3.63) is 53.0 Å². The molecule has 0 aliphatic rings. The fourth-order valence-electron chi connectivity index (χ4n) is 2.01. The van der Waals surface area contributed by atoms with Gasteiger partial charge in [-0.2, -0.15) is 13.2 Å². The monoisotopic (exact) mass is 445 g/mol. The van der Waals surface area contributed by atoms with E-state index in [0.29, 0.717) is 0 Å². The largest absolute Gasteiger partial charge is 0.418 e. The molecule has 2 aromatic rings. The molecule has 1 aromatic heterocycles. The van der Waals surface area contributed by atoms with Crippen LogP contribution in [0.25, 0.3) is 0 Å². The summed E-state index contributed by atoms with van der Waals surface area (Å²) in [5.74, 6) is 0.116. The number of halogens is 6. The van der Waals surface area contributed by atoms with Crippen LogP contribution in [0.5, 0.6) is 0 Å². The number of nitro groups is 2. The number of benzene rings is 1. The first-order chi connectivity index (χ1) is 12.3. The lowest BCUT2D eigenvalue weighted by Crippen LogP contribution is -2.11. The van der Waals surface area contributed by atoms with Crippen molar-refractivity contribution < 1.29 is 23.0 Å². The molecule has 0 bridgehead atoms. The number of nitrogens with one attached hydrogen (secondary N) is 1. The molecule has 0 saturated heterocycles. The molecule has 1 heterocycles. The van der Waals surface area contributed by atoms with E-state index < -0.39 is 43.7 Å². The van der Waals surface area contributed by atoms with Crippen molar-refractivity contribution in [3.8, 4) is 0 Å². The molecule has 0 aliphatic heterocycles. The molecule has 1 aromatic carbocycles. The van der Waals surface area contributed by atoms with Crippen molar-refractivity contribution in [2.75, 3.05) is 5.32 Å². The Morgan fingerprint density at radius 3 is 1.96 bits per heavy atom. The third kappa shape index (κ3) is 4.12. The minimum atomic E-state index is -5.17. The zero-order valence-corrected chi connectivity index (χ0v) is 15.0. The molecule has 0 aliphatic carbocycles. The van der Waals surface area contributed by atoms with Crippen LogP contribution in [-0.2, 0) is 6.18 Å². The summed E-state index contributed by atoms with van der Waals surface area (Å²) in [5.41, 5.74) is -5.74. The lowest BCUT2D eigenvalue weighted by Gasteiger charge is -2.14. The molecule has 27 heavy (non-hydrogen) atoms. The Morgan fingerprint density at radius 1 is 1.04 bits per heavy atom. The molecular weight excluding hydrogens is 442 g/mol. The summed E-state index contributed by atoms with van der Waals surface area (Å²) < 4.78 is 39.2. The van der Waals surface area contributed by atoms with Crippen molar-refractivity contribution in [2.24, 2.45) is 0 Å². The highest BCUT2D eigenvalue weighted by Gasteiger charge is 2.42. The van der Waals surface area contributed by atoms with Crippen LogP contribution in [0.4, 0.5) is 35.9 Å². The maximum atomic E-state index is 13.1. The van der Waals surface area contributed by atoms with E-state index in [1.807, 2.05) is 0 Å². The highest BCUT2D eigenvalue weighted by Crippen LogP contribution is 2.49. The first kappa shape index (κ1) is 20.9. The van der Waals surface area contributed by atoms with Crippen LogP contribution < -0.4 is 5.32 Å². The summed E-state index contributed by atoms with van der Waals surface area (Å²) in [5, 5.41) is 22.6. The maximum Gasteiger partial charge on any atom is 0.418 e. The predicted molar refractivity (Wildman–Crippen MR) is 89.8 cm³/mol. The van der Waals surface area contributed by atoms with Gasteiger partial charge in [-0.15, -0.1) is 0 Å². The zero-order valence-electron chi connectivity index (χ0n) is 12.8. The van der Waals surface area contributed by atoms with E-state index in [-0.39, 0.29) is 27.9 Å². The molecule has 144 valence electrons. The number of nitro benzene ring substituents is 2. The van der Waals surface area contributed by atoms with E-state index >= 15 is 0 Å². The Labute approximate surface area is 162 Å². The third-order valence-electron chi connectivity index (χ3n) is 3.09. The van der Waals surface area contributed by atoms with E-state index in [4.69, 9.17) is 34.8 Å². The minimum Gasteiger partial charge on any atom is -0.339 e. The summed E-state index contributed by atoms with van der Waals surface area (Å²) in [6.45, 7) is 1.42. The van der Waals surface area contributed by atoms with E-state index in [2.05, 4.69) is 15.3 Å². The van der Waals surface area contributed by atoms with Crippen LogP contribution in [0.2, 0.25) is 15.3 Å². The molecule has 15 heteroatoms. The fourth-order valence-corrected chi connectivity index (χ4v) is 2.90. The van der Waals surface area contributed by atoms with Crippen LogP contribution in [-0.4, -0.2) is 19.8 Å². The Bertz CT molecular complexity index is 947. The van der Waals surface area contributed by atoms with Gasteiger partial charge in [0.1, 0.15) is 16.5 Å². The van der Waals surface area contributed by atoms with Gasteiger partial charge < -0.3 is 5.32 Å². The van der Waals surface area contributed by atoms with E-state index in [1.165, 1.54) is 6.92 Å². The molecule has 0 fully saturated rings. The smallest absolute Gasteiger partial charge is 0.339 e. The van der Waals surface area contributed by atoms with Crippen LogP contribution in [0.1, 0.15) is 11.4 Å². The van der Waals surface area contributed by atoms with Gasteiger partial charge in [-0.3, -0.25) is 20.2 Å². The van der Waals surface area contributed by atoms with Gasteiger partial charge in [0.25, 0.3) is 0 Å². The topological polar surface area (TPSA) is 124 Å². The van der Waals surface area contributed by atoms with Crippen LogP contribution in [0, 0.1) is 27.2 Å². The number of aromatic nitrogens is 2. The summed E-state index contributed by atoms with van der Waals surface area (Å²) >= 11 is 17.2. The molecule has 0 spiro atoms. The standard InChI is InChI=1S/C12H5Cl3F3N5O4/c1-3-19-10(14)8(11(15)20-3)21-7-5(22(24)25)2-4(12(16,17)18)6(13)9(7)23(26)27/h2,21H,1H3. The Morgan fingerprint density at radius 2 is 1.56 bits per heavy atom. The third-order valence-corrected chi connectivity index (χ3v) is 4.02. The number of nitrogens with zero attached hydrogens (tertiary/aromatic N) is 4. The number of anilines is 2. The highest BCUT2D eigenvalue weighted by molar-refractivity contribution is 6.38. The molecule has 0 radical (unpaired) electrons. The van der Waals surface area contributed by atoms with Gasteiger partial charge in [-0.1, -0.05) is 34.8 Å². The van der Waals surface area contributed by atoms with Crippen LogP contribution in [0.3, 0.4) is 0 Å². The lowest BCUT2D eigenvalue weighted by molar-refractivity contribution is -0.392. The second-order valence-electron chi connectivity index (χ2n) is 4.85. The number of aryl methyl sites for hydroxylation is 1. The van der Waals surface area contributed by atoms with Crippen molar-refractivity contribution in [2.45, 2.75) is 13.1 Å². The first-order valence-corrected chi connectivity index (χ1v) is 7.67. The Kier molecular flexibility index (Phi) is 5.63.